The summed E-state index contributed by atoms with van der Waals surface area (Å²) in [5.41, 5.74) is -1.28. The Morgan fingerprint density at radius 3 is 1.56 bits per heavy atom. The van der Waals surface area contributed by atoms with Crippen LogP contribution in [0.4, 0.5) is 0 Å². The van der Waals surface area contributed by atoms with Crippen molar-refractivity contribution in [3.8, 4) is 34.5 Å². The Balaban J connectivity index is 1.91. The highest BCUT2D eigenvalue weighted by Gasteiger charge is 2.40. The van der Waals surface area contributed by atoms with Gasteiger partial charge in [0.2, 0.25) is 0 Å². The maximum Gasteiger partial charge on any atom is 0.339 e. The number of hydrogen-bond donors (Lipinski definition) is 8. The number of aliphatic hydroxyl groups is 1. The van der Waals surface area contributed by atoms with Gasteiger partial charge in [0.25, 0.3) is 0 Å². The van der Waals surface area contributed by atoms with Gasteiger partial charge in [-0.25, -0.2) is 14.4 Å². The van der Waals surface area contributed by atoms with Crippen molar-refractivity contribution in [2.45, 2.75) is 24.7 Å². The molecule has 0 spiro atoms. The second-order valence-electron chi connectivity index (χ2n) is 7.23. The third kappa shape index (κ3) is 4.73. The maximum absolute atomic E-state index is 12.5. The second kappa shape index (κ2) is 9.07. The van der Waals surface area contributed by atoms with Gasteiger partial charge >= 0.3 is 17.9 Å². The molecule has 8 N–H and O–H groups in total. The zero-order valence-electron chi connectivity index (χ0n) is 16.9. The van der Waals surface area contributed by atoms with Crippen LogP contribution in [0.15, 0.2) is 35.9 Å². The topological polar surface area (TPSA) is 232 Å². The predicted octanol–water partition coefficient (Wildman–Crippen LogP) is 0.447. The number of esters is 2. The third-order valence-electron chi connectivity index (χ3n) is 4.87. The Labute approximate surface area is 189 Å². The summed E-state index contributed by atoms with van der Waals surface area (Å²) in [6.07, 6.45) is -4.57. The molecule has 0 saturated heterocycles. The molecule has 0 radical (unpaired) electrons. The van der Waals surface area contributed by atoms with Gasteiger partial charge in [-0.15, -0.1) is 0 Å². The number of carboxylic acid groups (broad SMARTS) is 1. The first-order valence-corrected chi connectivity index (χ1v) is 9.43. The molecule has 0 bridgehead atoms. The highest BCUT2D eigenvalue weighted by Crippen LogP contribution is 2.37. The Hall–Kier alpha value is -4.65. The molecule has 2 aromatic carbocycles. The molecule has 0 amide bonds. The van der Waals surface area contributed by atoms with Crippen molar-refractivity contribution in [2.75, 3.05) is 0 Å². The fraction of sp³-hybridized carbons (Fsp3) is 0.190. The fourth-order valence-corrected chi connectivity index (χ4v) is 3.15. The molecule has 2 aromatic rings. The maximum atomic E-state index is 12.5. The number of phenols is 6. The standard InChI is InChI=1S/C21H18O13/c22-10-2-8(3-11(23)16(10)27)20(31)33-15-6-7(19(29)30)1-14(26)18(15)34-21(32)9-4-12(24)17(28)13(25)5-9/h2-6,14-15,18,22-28H,1H2,(H,29,30)/t14-,15-,18+/m1/s1. The van der Waals surface area contributed by atoms with Crippen LogP contribution >= 0.6 is 0 Å². The van der Waals surface area contributed by atoms with E-state index in [1.807, 2.05) is 0 Å². The number of phenolic OH excluding ortho intramolecular Hbond substituents is 6. The molecule has 0 aliphatic heterocycles. The number of ether oxygens (including phenoxy) is 2. The van der Waals surface area contributed by atoms with Crippen LogP contribution in [0.3, 0.4) is 0 Å². The minimum atomic E-state index is -1.67. The number of aliphatic hydroxyl groups excluding tert-OH is 1. The van der Waals surface area contributed by atoms with Crippen molar-refractivity contribution in [2.24, 2.45) is 0 Å². The van der Waals surface area contributed by atoms with E-state index >= 15 is 0 Å². The normalized spacial score (nSPS) is 19.7. The lowest BCUT2D eigenvalue weighted by molar-refractivity contribution is -0.134. The van der Waals surface area contributed by atoms with Crippen LogP contribution in [0.1, 0.15) is 27.1 Å². The van der Waals surface area contributed by atoms with Gasteiger partial charge in [0.15, 0.2) is 46.7 Å². The summed E-state index contributed by atoms with van der Waals surface area (Å²) in [6.45, 7) is 0. The minimum Gasteiger partial charge on any atom is -0.504 e. The van der Waals surface area contributed by atoms with Crippen LogP contribution in [-0.4, -0.2) is 77.1 Å². The molecule has 1 aliphatic rings. The number of carbonyl (C=O) groups is 3. The Morgan fingerprint density at radius 1 is 0.735 bits per heavy atom. The van der Waals surface area contributed by atoms with Crippen molar-refractivity contribution in [1.29, 1.82) is 0 Å². The SMILES string of the molecule is O=C(O)C1=C[C@@H](OC(=O)c2cc(O)c(O)c(O)c2)[C@@H](OC(=O)c2cc(O)c(O)c(O)c2)[C@H](O)C1. The van der Waals surface area contributed by atoms with Crippen LogP contribution in [0.2, 0.25) is 0 Å². The lowest BCUT2D eigenvalue weighted by Crippen LogP contribution is -2.46. The van der Waals surface area contributed by atoms with Gasteiger partial charge in [0, 0.05) is 12.0 Å². The molecule has 13 nitrogen and oxygen atoms in total. The number of benzene rings is 2. The summed E-state index contributed by atoms with van der Waals surface area (Å²) >= 11 is 0. The van der Waals surface area contributed by atoms with E-state index in [4.69, 9.17) is 9.47 Å². The van der Waals surface area contributed by atoms with Crippen LogP contribution < -0.4 is 0 Å². The summed E-state index contributed by atoms with van der Waals surface area (Å²) < 4.78 is 10.3. The minimum absolute atomic E-state index is 0.367. The molecular formula is C21H18O13. The molecule has 0 heterocycles. The van der Waals surface area contributed by atoms with Crippen molar-refractivity contribution < 1.29 is 64.7 Å². The Morgan fingerprint density at radius 2 is 1.15 bits per heavy atom. The van der Waals surface area contributed by atoms with Gasteiger partial charge in [-0.2, -0.15) is 0 Å². The monoisotopic (exact) mass is 478 g/mol. The zero-order valence-corrected chi connectivity index (χ0v) is 16.9. The summed E-state index contributed by atoms with van der Waals surface area (Å²) in [5.74, 6) is -9.12. The summed E-state index contributed by atoms with van der Waals surface area (Å²) in [7, 11) is 0. The molecule has 180 valence electrons. The largest absolute Gasteiger partial charge is 0.504 e. The molecule has 0 saturated carbocycles. The van der Waals surface area contributed by atoms with Crippen molar-refractivity contribution >= 4 is 17.9 Å². The van der Waals surface area contributed by atoms with Gasteiger partial charge in [0.05, 0.1) is 17.2 Å². The van der Waals surface area contributed by atoms with Gasteiger partial charge in [-0.05, 0) is 30.3 Å². The molecule has 13 heteroatoms. The van der Waals surface area contributed by atoms with Crippen molar-refractivity contribution in [3.63, 3.8) is 0 Å². The van der Waals surface area contributed by atoms with E-state index in [9.17, 15) is 55.2 Å². The molecule has 0 aromatic heterocycles. The first-order valence-electron chi connectivity index (χ1n) is 9.43. The molecule has 0 fully saturated rings. The van der Waals surface area contributed by atoms with E-state index in [0.29, 0.717) is 0 Å². The summed E-state index contributed by atoms with van der Waals surface area (Å²) in [4.78, 5) is 36.4. The van der Waals surface area contributed by atoms with Gasteiger partial charge in [-0.3, -0.25) is 0 Å². The summed E-state index contributed by atoms with van der Waals surface area (Å²) in [5, 5.41) is 76.8. The molecule has 1 aliphatic carbocycles. The third-order valence-corrected chi connectivity index (χ3v) is 4.87. The number of carboxylic acids is 1. The highest BCUT2D eigenvalue weighted by molar-refractivity contribution is 5.93. The first kappa shape index (κ1) is 24.0. The molecule has 3 rings (SSSR count). The number of rotatable bonds is 5. The van der Waals surface area contributed by atoms with Gasteiger partial charge < -0.3 is 50.3 Å². The van der Waals surface area contributed by atoms with Crippen molar-refractivity contribution in [1.82, 2.24) is 0 Å². The van der Waals surface area contributed by atoms with Crippen LogP contribution in [0, 0.1) is 0 Å². The lowest BCUT2D eigenvalue weighted by Gasteiger charge is -2.32. The molecule has 0 unspecified atom stereocenters. The van der Waals surface area contributed by atoms with Crippen LogP contribution in [-0.2, 0) is 14.3 Å². The Kier molecular flexibility index (Phi) is 6.40. The van der Waals surface area contributed by atoms with E-state index in [0.717, 1.165) is 30.3 Å². The molecule has 34 heavy (non-hydrogen) atoms. The summed E-state index contributed by atoms with van der Waals surface area (Å²) in [6, 6.07) is 3.02. The fourth-order valence-electron chi connectivity index (χ4n) is 3.15. The van der Waals surface area contributed by atoms with Crippen LogP contribution in [0.5, 0.6) is 34.5 Å². The van der Waals surface area contributed by atoms with E-state index in [-0.39, 0.29) is 5.57 Å². The average Bonchev–Trinajstić information content (AvgIpc) is 2.76. The van der Waals surface area contributed by atoms with E-state index in [2.05, 4.69) is 0 Å². The van der Waals surface area contributed by atoms with E-state index < -0.39 is 88.3 Å². The number of aliphatic carboxylic acids is 1. The van der Waals surface area contributed by atoms with Gasteiger partial charge in [-0.1, -0.05) is 0 Å². The second-order valence-corrected chi connectivity index (χ2v) is 7.23. The zero-order chi connectivity index (χ0) is 25.3. The molecular weight excluding hydrogens is 460 g/mol. The Bertz CT molecular complexity index is 1150. The van der Waals surface area contributed by atoms with Crippen LogP contribution in [0.25, 0.3) is 0 Å². The smallest absolute Gasteiger partial charge is 0.339 e. The van der Waals surface area contributed by atoms with E-state index in [1.54, 1.807) is 0 Å². The highest BCUT2D eigenvalue weighted by atomic mass is 16.6. The quantitative estimate of drug-likeness (QED) is 0.216. The lowest BCUT2D eigenvalue weighted by atomic mass is 9.91. The number of carbonyl (C=O) groups excluding carboxylic acids is 2. The number of aromatic hydroxyl groups is 6. The molecule has 3 atom stereocenters. The van der Waals surface area contributed by atoms with Crippen molar-refractivity contribution in [3.05, 3.63) is 47.0 Å². The average molecular weight is 478 g/mol. The number of hydrogen-bond acceptors (Lipinski definition) is 12. The first-order chi connectivity index (χ1) is 15.9. The van der Waals surface area contributed by atoms with Gasteiger partial charge in [0.1, 0.15) is 0 Å². The predicted molar refractivity (Wildman–Crippen MR) is 108 cm³/mol. The van der Waals surface area contributed by atoms with E-state index in [1.165, 1.54) is 0 Å².